The number of halogens is 2. The Kier molecular flexibility index (Phi) is 11.0. The molecular weight excluding hydrogens is 459 g/mol. The molecule has 0 aromatic heterocycles. The number of hydrogen-bond donors (Lipinski definition) is 1. The van der Waals surface area contributed by atoms with Gasteiger partial charge in [0.2, 0.25) is 5.91 Å². The van der Waals surface area contributed by atoms with Crippen molar-refractivity contribution in [2.45, 2.75) is 65.5 Å². The van der Waals surface area contributed by atoms with Crippen molar-refractivity contribution in [1.29, 1.82) is 0 Å². The van der Waals surface area contributed by atoms with Crippen molar-refractivity contribution < 1.29 is 14.3 Å². The predicted octanol–water partition coefficient (Wildman–Crippen LogP) is 6.22. The van der Waals surface area contributed by atoms with Crippen LogP contribution in [0, 0.1) is 0 Å². The molecule has 0 saturated carbocycles. The Bertz CT molecular complexity index is 916. The van der Waals surface area contributed by atoms with Gasteiger partial charge < -0.3 is 15.0 Å². The Hall–Kier alpha value is -2.24. The molecule has 2 aromatic carbocycles. The third-order valence-electron chi connectivity index (χ3n) is 5.46. The third kappa shape index (κ3) is 8.24. The number of unbranched alkanes of at least 4 members (excludes halogenated alkanes) is 1. The zero-order chi connectivity index (χ0) is 24.4. The van der Waals surface area contributed by atoms with Crippen LogP contribution >= 0.6 is 23.2 Å². The summed E-state index contributed by atoms with van der Waals surface area (Å²) in [5.74, 6) is 0.591. The number of carbonyl (C=O) groups is 2. The molecule has 0 saturated heterocycles. The fourth-order valence-electron chi connectivity index (χ4n) is 3.44. The molecule has 0 aliphatic carbocycles. The van der Waals surface area contributed by atoms with E-state index < -0.39 is 6.04 Å². The quantitative estimate of drug-likeness (QED) is 0.357. The largest absolute Gasteiger partial charge is 0.484 e. The molecule has 5 nitrogen and oxygen atoms in total. The maximum Gasteiger partial charge on any atom is 0.261 e. The summed E-state index contributed by atoms with van der Waals surface area (Å²) in [4.78, 5) is 27.7. The second-order valence-corrected chi connectivity index (χ2v) is 9.17. The first kappa shape index (κ1) is 27.0. The third-order valence-corrected chi connectivity index (χ3v) is 6.20. The van der Waals surface area contributed by atoms with Crippen LogP contribution in [0.3, 0.4) is 0 Å². The van der Waals surface area contributed by atoms with E-state index in [1.165, 1.54) is 5.56 Å². The van der Waals surface area contributed by atoms with Crippen LogP contribution in [-0.4, -0.2) is 35.9 Å². The summed E-state index contributed by atoms with van der Waals surface area (Å²) in [7, 11) is 0. The van der Waals surface area contributed by atoms with Gasteiger partial charge in [0.05, 0.1) is 10.0 Å². The first-order valence-corrected chi connectivity index (χ1v) is 12.3. The zero-order valence-electron chi connectivity index (χ0n) is 19.9. The highest BCUT2D eigenvalue weighted by atomic mass is 35.5. The number of nitrogens with zero attached hydrogens (tertiary/aromatic N) is 1. The summed E-state index contributed by atoms with van der Waals surface area (Å²) in [5, 5.41) is 3.79. The fourth-order valence-corrected chi connectivity index (χ4v) is 3.76. The van der Waals surface area contributed by atoms with E-state index in [4.69, 9.17) is 27.9 Å². The van der Waals surface area contributed by atoms with E-state index in [1.54, 1.807) is 17.0 Å². The molecule has 0 fully saturated rings. The summed E-state index contributed by atoms with van der Waals surface area (Å²) < 4.78 is 5.77. The zero-order valence-corrected chi connectivity index (χ0v) is 21.4. The molecule has 2 amide bonds. The molecule has 1 N–H and O–H groups in total. The Balaban J connectivity index is 2.18. The molecule has 0 bridgehead atoms. The summed E-state index contributed by atoms with van der Waals surface area (Å²) >= 11 is 12.2. The lowest BCUT2D eigenvalue weighted by atomic mass is 10.0. The Morgan fingerprint density at radius 1 is 1.03 bits per heavy atom. The Labute approximate surface area is 207 Å². The topological polar surface area (TPSA) is 58.6 Å². The van der Waals surface area contributed by atoms with Crippen molar-refractivity contribution in [2.75, 3.05) is 13.2 Å². The molecule has 2 rings (SSSR count). The van der Waals surface area contributed by atoms with E-state index in [0.717, 1.165) is 18.4 Å². The highest BCUT2D eigenvalue weighted by Gasteiger charge is 2.29. The molecular formula is C26H34Cl2N2O3. The van der Waals surface area contributed by atoms with Crippen LogP contribution in [0.5, 0.6) is 5.75 Å². The van der Waals surface area contributed by atoms with E-state index in [-0.39, 0.29) is 25.0 Å². The van der Waals surface area contributed by atoms with Crippen LogP contribution in [0.1, 0.15) is 64.0 Å². The molecule has 180 valence electrons. The van der Waals surface area contributed by atoms with Crippen molar-refractivity contribution in [3.8, 4) is 5.75 Å². The average molecular weight is 493 g/mol. The SMILES string of the molecule is CCCCNC(=O)C(CC)N(Cc1ccc(Cl)c(Cl)c1)C(=O)COc1ccc(C(C)C)cc1. The average Bonchev–Trinajstić information content (AvgIpc) is 2.80. The van der Waals surface area contributed by atoms with E-state index >= 15 is 0 Å². The first-order valence-electron chi connectivity index (χ1n) is 11.5. The van der Waals surface area contributed by atoms with Gasteiger partial charge in [0.25, 0.3) is 5.91 Å². The van der Waals surface area contributed by atoms with Crippen LogP contribution in [0.2, 0.25) is 10.0 Å². The van der Waals surface area contributed by atoms with Gasteiger partial charge >= 0.3 is 0 Å². The Morgan fingerprint density at radius 2 is 1.73 bits per heavy atom. The Morgan fingerprint density at radius 3 is 2.30 bits per heavy atom. The second-order valence-electron chi connectivity index (χ2n) is 8.35. The van der Waals surface area contributed by atoms with Gasteiger partial charge in [-0.2, -0.15) is 0 Å². The smallest absolute Gasteiger partial charge is 0.261 e. The lowest BCUT2D eigenvalue weighted by molar-refractivity contribution is -0.143. The fraction of sp³-hybridized carbons (Fsp3) is 0.462. The maximum absolute atomic E-state index is 13.2. The van der Waals surface area contributed by atoms with E-state index in [2.05, 4.69) is 26.1 Å². The lowest BCUT2D eigenvalue weighted by Crippen LogP contribution is -2.50. The van der Waals surface area contributed by atoms with E-state index in [9.17, 15) is 9.59 Å². The van der Waals surface area contributed by atoms with Gasteiger partial charge in [0.15, 0.2) is 6.61 Å². The molecule has 0 radical (unpaired) electrons. The van der Waals surface area contributed by atoms with Gasteiger partial charge in [-0.15, -0.1) is 0 Å². The van der Waals surface area contributed by atoms with Crippen LogP contribution < -0.4 is 10.1 Å². The molecule has 0 heterocycles. The molecule has 2 aromatic rings. The molecule has 0 aliphatic heterocycles. The van der Waals surface area contributed by atoms with Crippen LogP contribution in [-0.2, 0) is 16.1 Å². The number of ether oxygens (including phenoxy) is 1. The summed E-state index contributed by atoms with van der Waals surface area (Å²) in [5.41, 5.74) is 1.99. The molecule has 0 aliphatic rings. The molecule has 7 heteroatoms. The highest BCUT2D eigenvalue weighted by molar-refractivity contribution is 6.42. The molecule has 0 spiro atoms. The first-order chi connectivity index (χ1) is 15.8. The van der Waals surface area contributed by atoms with Crippen molar-refractivity contribution >= 4 is 35.0 Å². The minimum Gasteiger partial charge on any atom is -0.484 e. The maximum atomic E-state index is 13.2. The van der Waals surface area contributed by atoms with Crippen molar-refractivity contribution in [3.05, 3.63) is 63.6 Å². The number of hydrogen-bond acceptors (Lipinski definition) is 3. The summed E-state index contributed by atoms with van der Waals surface area (Å²) in [6.45, 7) is 8.85. The van der Waals surface area contributed by atoms with Crippen LogP contribution in [0.4, 0.5) is 0 Å². The van der Waals surface area contributed by atoms with Crippen LogP contribution in [0.25, 0.3) is 0 Å². The van der Waals surface area contributed by atoms with Crippen molar-refractivity contribution in [2.24, 2.45) is 0 Å². The monoisotopic (exact) mass is 492 g/mol. The van der Waals surface area contributed by atoms with Crippen LogP contribution in [0.15, 0.2) is 42.5 Å². The summed E-state index contributed by atoms with van der Waals surface area (Å²) in [6, 6.07) is 12.3. The molecule has 1 unspecified atom stereocenters. The minimum absolute atomic E-state index is 0.166. The number of nitrogens with one attached hydrogen (secondary N) is 1. The van der Waals surface area contributed by atoms with Gasteiger partial charge in [0, 0.05) is 13.1 Å². The number of rotatable bonds is 12. The normalized spacial score (nSPS) is 11.8. The predicted molar refractivity (Wildman–Crippen MR) is 135 cm³/mol. The summed E-state index contributed by atoms with van der Waals surface area (Å²) in [6.07, 6.45) is 2.35. The number of amides is 2. The van der Waals surface area contributed by atoms with E-state index in [0.29, 0.717) is 34.7 Å². The second kappa shape index (κ2) is 13.5. The van der Waals surface area contributed by atoms with Gasteiger partial charge in [-0.25, -0.2) is 0 Å². The number of benzene rings is 2. The van der Waals surface area contributed by atoms with Gasteiger partial charge in [0.1, 0.15) is 11.8 Å². The highest BCUT2D eigenvalue weighted by Crippen LogP contribution is 2.24. The standard InChI is InChI=1S/C26H34Cl2N2O3/c1-5-7-14-29-26(32)24(6-2)30(16-19-8-13-22(27)23(28)15-19)25(31)17-33-21-11-9-20(10-12-21)18(3)4/h8-13,15,18,24H,5-7,14,16-17H2,1-4H3,(H,29,32). The van der Waals surface area contributed by atoms with Gasteiger partial charge in [-0.3, -0.25) is 9.59 Å². The van der Waals surface area contributed by atoms with Gasteiger partial charge in [-0.1, -0.05) is 75.5 Å². The molecule has 33 heavy (non-hydrogen) atoms. The van der Waals surface area contributed by atoms with E-state index in [1.807, 2.05) is 37.3 Å². The van der Waals surface area contributed by atoms with Crippen molar-refractivity contribution in [3.63, 3.8) is 0 Å². The van der Waals surface area contributed by atoms with Gasteiger partial charge in [-0.05, 0) is 54.2 Å². The minimum atomic E-state index is -0.615. The lowest BCUT2D eigenvalue weighted by Gasteiger charge is -2.30. The number of carbonyl (C=O) groups excluding carboxylic acids is 2. The molecule has 1 atom stereocenters. The van der Waals surface area contributed by atoms with Crippen molar-refractivity contribution in [1.82, 2.24) is 10.2 Å².